The van der Waals surface area contributed by atoms with Crippen LogP contribution in [0.25, 0.3) is 230 Å². The molecule has 0 unspecified atom stereocenters. The van der Waals surface area contributed by atoms with Crippen molar-refractivity contribution in [3.8, 4) is 103 Å². The van der Waals surface area contributed by atoms with Crippen molar-refractivity contribution in [1.29, 1.82) is 0 Å². The van der Waals surface area contributed by atoms with Crippen molar-refractivity contribution in [3.63, 3.8) is 0 Å². The molecule has 12 aromatic heterocycles. The predicted molar refractivity (Wildman–Crippen MR) is 466 cm³/mol. The number of hydrogen-bond donors (Lipinski definition) is 0. The Hall–Kier alpha value is -15.1. The van der Waals surface area contributed by atoms with Gasteiger partial charge >= 0.3 is 0 Å². The summed E-state index contributed by atoms with van der Waals surface area (Å²) < 4.78 is 14.1. The molecule has 0 aliphatic heterocycles. The van der Waals surface area contributed by atoms with Gasteiger partial charge in [-0.3, -0.25) is 24.1 Å². The summed E-state index contributed by atoms with van der Waals surface area (Å²) in [5, 5.41) is 14.0. The molecule has 0 amide bonds. The van der Waals surface area contributed by atoms with Crippen molar-refractivity contribution in [2.24, 2.45) is 0 Å². The molecule has 24 rings (SSSR count). The molecule has 0 aliphatic rings. The first-order valence-electron chi connectivity index (χ1n) is 37.7. The van der Waals surface area contributed by atoms with Crippen molar-refractivity contribution in [3.05, 3.63) is 340 Å². The number of nitrogens with zero attached hydrogens (tertiary/aromatic N) is 14. The molecule has 0 radical (unpaired) electrons. The Morgan fingerprint density at radius 3 is 1.11 bits per heavy atom. The lowest BCUT2D eigenvalue weighted by Gasteiger charge is -2.11. The summed E-state index contributed by atoms with van der Waals surface area (Å²) in [7, 11) is 0. The minimum atomic E-state index is 0.435. The monoisotopic (exact) mass is 1490 g/mol. The summed E-state index contributed by atoms with van der Waals surface area (Å²) in [5.74, 6) is 2.76. The Morgan fingerprint density at radius 2 is 0.588 bits per heavy atom. The summed E-state index contributed by atoms with van der Waals surface area (Å²) in [5.41, 5.74) is 19.5. The quantitative estimate of drug-likeness (QED) is 0.122. The van der Waals surface area contributed by atoms with E-state index in [4.69, 9.17) is 39.9 Å². The van der Waals surface area contributed by atoms with Gasteiger partial charge in [-0.05, 0) is 180 Å². The average Bonchev–Trinajstić information content (AvgIpc) is 1.58. The molecular weight excluding hydrogens is 1440 g/mol. The van der Waals surface area contributed by atoms with E-state index in [2.05, 4.69) is 283 Å². The molecule has 0 saturated heterocycles. The Kier molecular flexibility index (Phi) is 14.1. The minimum Gasteiger partial charge on any atom is -0.309 e. The molecule has 0 N–H and O–H groups in total. The average molecular weight is 1490 g/mol. The number of rotatable bonds is 11. The van der Waals surface area contributed by atoms with Gasteiger partial charge in [0.15, 0.2) is 23.3 Å². The molecule has 114 heavy (non-hydrogen) atoms. The van der Waals surface area contributed by atoms with E-state index < -0.39 is 0 Å². The van der Waals surface area contributed by atoms with Crippen molar-refractivity contribution >= 4 is 150 Å². The summed E-state index contributed by atoms with van der Waals surface area (Å²) in [6.45, 7) is 0. The highest BCUT2D eigenvalue weighted by Gasteiger charge is 2.25. The largest absolute Gasteiger partial charge is 0.309 e. The van der Waals surface area contributed by atoms with Crippen LogP contribution >= 0.6 is 22.7 Å². The molecule has 0 fully saturated rings. The molecule has 0 saturated carbocycles. The lowest BCUT2D eigenvalue weighted by atomic mass is 10.0. The first-order chi connectivity index (χ1) is 56.5. The van der Waals surface area contributed by atoms with E-state index in [0.29, 0.717) is 58.0 Å². The fourth-order valence-electron chi connectivity index (χ4n) is 17.1. The topological polar surface area (TPSA) is 149 Å². The third-order valence-electron chi connectivity index (χ3n) is 22.3. The second kappa shape index (κ2) is 25.2. The number of thiophene rings is 2. The molecule has 0 aliphatic carbocycles. The van der Waals surface area contributed by atoms with Crippen molar-refractivity contribution < 1.29 is 0 Å². The molecule has 12 aromatic carbocycles. The highest BCUT2D eigenvalue weighted by atomic mass is 32.1. The van der Waals surface area contributed by atoms with Crippen LogP contribution in [-0.2, 0) is 0 Å². The van der Waals surface area contributed by atoms with Gasteiger partial charge in [0.2, 0.25) is 11.9 Å². The molecule has 530 valence electrons. The highest BCUT2D eigenvalue weighted by molar-refractivity contribution is 7.26. The van der Waals surface area contributed by atoms with Gasteiger partial charge in [-0.2, -0.15) is 19.9 Å². The van der Waals surface area contributed by atoms with Crippen molar-refractivity contribution in [2.75, 3.05) is 0 Å². The van der Waals surface area contributed by atoms with Crippen LogP contribution in [0.1, 0.15) is 0 Å². The summed E-state index contributed by atoms with van der Waals surface area (Å²) in [4.78, 5) is 50.3. The molecule has 12 heterocycles. The third-order valence-corrected chi connectivity index (χ3v) is 24.6. The van der Waals surface area contributed by atoms with E-state index in [1.54, 1.807) is 29.9 Å². The number of benzene rings is 12. The molecule has 0 bridgehead atoms. The van der Waals surface area contributed by atoms with Gasteiger partial charge in [0.1, 0.15) is 22.8 Å². The number of hydrogen-bond acceptors (Lipinski definition) is 12. The van der Waals surface area contributed by atoms with E-state index in [1.807, 2.05) is 78.1 Å². The Bertz CT molecular complexity index is 8080. The van der Waals surface area contributed by atoms with Crippen LogP contribution in [0.4, 0.5) is 0 Å². The van der Waals surface area contributed by atoms with Gasteiger partial charge in [0.25, 0.3) is 0 Å². The number of fused-ring (bicyclic) bond motifs is 18. The maximum absolute atomic E-state index is 5.38. The number of para-hydroxylation sites is 4. The van der Waals surface area contributed by atoms with Crippen LogP contribution in [-0.4, -0.2) is 68.1 Å². The number of aromatic nitrogens is 14. The zero-order valence-electron chi connectivity index (χ0n) is 60.4. The van der Waals surface area contributed by atoms with Crippen LogP contribution in [0.15, 0.2) is 340 Å². The zero-order valence-corrected chi connectivity index (χ0v) is 62.0. The summed E-state index contributed by atoms with van der Waals surface area (Å²) >= 11 is 3.65. The molecule has 16 heteroatoms. The highest BCUT2D eigenvalue weighted by Crippen LogP contribution is 2.46. The van der Waals surface area contributed by atoms with Gasteiger partial charge in [-0.15, -0.1) is 22.7 Å². The normalized spacial score (nSPS) is 12.0. The van der Waals surface area contributed by atoms with E-state index in [9.17, 15) is 0 Å². The molecule has 0 atom stereocenters. The van der Waals surface area contributed by atoms with Gasteiger partial charge in [-0.1, -0.05) is 164 Å². The Balaban J connectivity index is 0.563. The molecule has 0 spiro atoms. The van der Waals surface area contributed by atoms with Crippen LogP contribution < -0.4 is 0 Å². The van der Waals surface area contributed by atoms with Gasteiger partial charge < -0.3 is 9.13 Å². The van der Waals surface area contributed by atoms with Gasteiger partial charge in [0, 0.05) is 109 Å². The Labute approximate surface area is 656 Å². The standard InChI is InChI=1S/C98H56N14S2/c1-6-30-80-63(19-1)70-51-57(59-39-45-86-72(53-59)65-21-3-8-32-82(65)111(86)97-105-93(76-25-11-14-48-99-76)103-94(106-97)77-26-12-15-49-100-77)37-43-84(70)109(80)62-41-47-90-74(56-62)68-42-36-61(55-91(68)113-90)75-28-18-29-79(102-75)96-104-95(78-27-13-16-50-101-78)107-98(108-96)112-83-33-9-4-22-66(83)73-54-60(40-46-87(73)112)58-38-44-85-71(52-58)64-20-2-7-31-81(64)110(85)88-34-17-24-69-67-23-5-10-35-89(67)114-92(69)88/h1-56H. The van der Waals surface area contributed by atoms with Crippen LogP contribution in [0.3, 0.4) is 0 Å². The molecule has 14 nitrogen and oxygen atoms in total. The van der Waals surface area contributed by atoms with E-state index in [0.717, 1.165) is 98.5 Å². The first kappa shape index (κ1) is 63.8. The molecule has 24 aromatic rings. The van der Waals surface area contributed by atoms with Crippen LogP contribution in [0.5, 0.6) is 0 Å². The second-order valence-electron chi connectivity index (χ2n) is 28.7. The minimum absolute atomic E-state index is 0.435. The smallest absolute Gasteiger partial charge is 0.238 e. The third kappa shape index (κ3) is 10.0. The number of pyridine rings is 4. The lowest BCUT2D eigenvalue weighted by Crippen LogP contribution is -2.07. The predicted octanol–water partition coefficient (Wildman–Crippen LogP) is 24.4. The van der Waals surface area contributed by atoms with Crippen molar-refractivity contribution in [2.45, 2.75) is 0 Å². The zero-order chi connectivity index (χ0) is 74.6. The van der Waals surface area contributed by atoms with Gasteiger partial charge in [0.05, 0.1) is 60.2 Å². The maximum Gasteiger partial charge on any atom is 0.238 e. The van der Waals surface area contributed by atoms with Crippen molar-refractivity contribution in [1.82, 2.24) is 68.1 Å². The SMILES string of the molecule is c1ccc(-c2nc(-c3ccccn3)nc(-n3c4ccccc4c4cc(-c5ccc6c(c5)c5ccccc5n6-c5ccc6sc7cc(-c8cccc(-c9nc(-c%10ccccn%10)nc(-n%10c%11ccccc%11c%11cc(-c%12ccc%13c(c%12)c%12ccccc%12n%13-c%12cccc%13c%12sc%12ccccc%12%13)ccc%11%10)n9)n8)ccc7c6c5)ccc43)n2)nc1. The molecular formula is C98H56N14S2. The summed E-state index contributed by atoms with van der Waals surface area (Å²) in [6, 6.07) is 114. The van der Waals surface area contributed by atoms with E-state index >= 15 is 0 Å². The van der Waals surface area contributed by atoms with Crippen LogP contribution in [0.2, 0.25) is 0 Å². The summed E-state index contributed by atoms with van der Waals surface area (Å²) in [6.07, 6.45) is 5.28. The lowest BCUT2D eigenvalue weighted by molar-refractivity contribution is 0.943. The second-order valence-corrected chi connectivity index (χ2v) is 30.8. The Morgan fingerprint density at radius 1 is 0.202 bits per heavy atom. The van der Waals surface area contributed by atoms with Crippen LogP contribution in [0, 0.1) is 0 Å². The van der Waals surface area contributed by atoms with Gasteiger partial charge in [-0.25, -0.2) is 15.0 Å². The first-order valence-corrected chi connectivity index (χ1v) is 39.4. The maximum atomic E-state index is 5.38. The van der Waals surface area contributed by atoms with E-state index in [1.165, 1.54) is 73.9 Å². The van der Waals surface area contributed by atoms with E-state index in [-0.39, 0.29) is 0 Å². The fraction of sp³-hybridized carbons (Fsp3) is 0. The fourth-order valence-corrected chi connectivity index (χ4v) is 19.5.